The van der Waals surface area contributed by atoms with Gasteiger partial charge in [0, 0.05) is 6.04 Å². The number of benzene rings is 2. The lowest BCUT2D eigenvalue weighted by Gasteiger charge is -2.24. The standard InChI is InChI=1S/C19H20ClFN2O2/c1-25-15-7-4-13(5-8-15)18-3-2-10-23(18)12-19(24)22-17-9-6-14(21)11-16(17)20/h4-9,11,18H,2-3,10,12H2,1H3,(H,22,24)/t18-/m0/s1. The molecule has 0 bridgehead atoms. The maximum Gasteiger partial charge on any atom is 0.238 e. The number of anilines is 1. The first-order valence-electron chi connectivity index (χ1n) is 8.19. The van der Waals surface area contributed by atoms with Gasteiger partial charge in [0.25, 0.3) is 0 Å². The number of carbonyl (C=O) groups is 1. The van der Waals surface area contributed by atoms with Gasteiger partial charge in [-0.05, 0) is 55.3 Å². The summed E-state index contributed by atoms with van der Waals surface area (Å²) in [6, 6.07) is 12.1. The Bertz CT molecular complexity index is 752. The van der Waals surface area contributed by atoms with E-state index in [0.717, 1.165) is 25.1 Å². The van der Waals surface area contributed by atoms with E-state index in [-0.39, 0.29) is 23.5 Å². The summed E-state index contributed by atoms with van der Waals surface area (Å²) >= 11 is 5.96. The molecule has 0 aliphatic carbocycles. The highest BCUT2D eigenvalue weighted by Gasteiger charge is 2.27. The Morgan fingerprint density at radius 1 is 1.32 bits per heavy atom. The molecular formula is C19H20ClFN2O2. The van der Waals surface area contributed by atoms with Crippen LogP contribution in [0.2, 0.25) is 5.02 Å². The van der Waals surface area contributed by atoms with Gasteiger partial charge >= 0.3 is 0 Å². The van der Waals surface area contributed by atoms with Crippen molar-refractivity contribution in [3.05, 3.63) is 58.9 Å². The van der Waals surface area contributed by atoms with Crippen LogP contribution in [0.5, 0.6) is 5.75 Å². The predicted molar refractivity (Wildman–Crippen MR) is 96.6 cm³/mol. The molecule has 1 aliphatic heterocycles. The predicted octanol–water partition coefficient (Wildman–Crippen LogP) is 4.26. The van der Waals surface area contributed by atoms with Gasteiger partial charge in [0.05, 0.1) is 24.4 Å². The van der Waals surface area contributed by atoms with Gasteiger partial charge in [-0.2, -0.15) is 0 Å². The molecule has 1 amide bonds. The highest BCUT2D eigenvalue weighted by atomic mass is 35.5. The highest BCUT2D eigenvalue weighted by molar-refractivity contribution is 6.33. The minimum atomic E-state index is -0.429. The molecule has 1 fully saturated rings. The highest BCUT2D eigenvalue weighted by Crippen LogP contribution is 2.32. The summed E-state index contributed by atoms with van der Waals surface area (Å²) in [5, 5.41) is 2.95. The summed E-state index contributed by atoms with van der Waals surface area (Å²) in [7, 11) is 1.64. The normalized spacial score (nSPS) is 17.5. The second kappa shape index (κ2) is 7.85. The van der Waals surface area contributed by atoms with Gasteiger partial charge in [-0.25, -0.2) is 4.39 Å². The summed E-state index contributed by atoms with van der Waals surface area (Å²) < 4.78 is 18.3. The van der Waals surface area contributed by atoms with Gasteiger partial charge in [0.1, 0.15) is 11.6 Å². The third-order valence-electron chi connectivity index (χ3n) is 4.42. The molecule has 2 aromatic carbocycles. The Balaban J connectivity index is 1.65. The minimum Gasteiger partial charge on any atom is -0.497 e. The van der Waals surface area contributed by atoms with Crippen molar-refractivity contribution in [3.63, 3.8) is 0 Å². The molecule has 0 unspecified atom stereocenters. The monoisotopic (exact) mass is 362 g/mol. The van der Waals surface area contributed by atoms with E-state index in [9.17, 15) is 9.18 Å². The van der Waals surface area contributed by atoms with Crippen LogP contribution in [0.1, 0.15) is 24.4 Å². The summed E-state index contributed by atoms with van der Waals surface area (Å²) in [5.41, 5.74) is 1.60. The van der Waals surface area contributed by atoms with Crippen LogP contribution in [-0.2, 0) is 4.79 Å². The summed E-state index contributed by atoms with van der Waals surface area (Å²) in [4.78, 5) is 14.5. The van der Waals surface area contributed by atoms with Crippen LogP contribution in [0.15, 0.2) is 42.5 Å². The van der Waals surface area contributed by atoms with Crippen LogP contribution in [0, 0.1) is 5.82 Å². The van der Waals surface area contributed by atoms with Gasteiger partial charge in [-0.1, -0.05) is 23.7 Å². The van der Waals surface area contributed by atoms with Crippen molar-refractivity contribution in [1.82, 2.24) is 4.90 Å². The zero-order valence-electron chi connectivity index (χ0n) is 14.0. The van der Waals surface area contributed by atoms with Crippen molar-refractivity contribution in [1.29, 1.82) is 0 Å². The number of hydrogen-bond acceptors (Lipinski definition) is 3. The molecule has 3 rings (SSSR count). The Hall–Kier alpha value is -2.11. The number of hydrogen-bond donors (Lipinski definition) is 1. The molecule has 2 aromatic rings. The quantitative estimate of drug-likeness (QED) is 0.863. The molecular weight excluding hydrogens is 343 g/mol. The number of likely N-dealkylation sites (tertiary alicyclic amines) is 1. The van der Waals surface area contributed by atoms with Gasteiger partial charge in [-0.3, -0.25) is 9.69 Å². The number of nitrogens with one attached hydrogen (secondary N) is 1. The van der Waals surface area contributed by atoms with E-state index in [2.05, 4.69) is 10.2 Å². The maximum absolute atomic E-state index is 13.1. The SMILES string of the molecule is COc1ccc([C@@H]2CCCN2CC(=O)Nc2ccc(F)cc2Cl)cc1. The van der Waals surface area contributed by atoms with E-state index in [1.165, 1.54) is 23.8 Å². The van der Waals surface area contributed by atoms with E-state index in [1.807, 2.05) is 24.3 Å². The number of ether oxygens (including phenoxy) is 1. The van der Waals surface area contributed by atoms with Gasteiger partial charge in [0.2, 0.25) is 5.91 Å². The van der Waals surface area contributed by atoms with Gasteiger partial charge in [0.15, 0.2) is 0 Å². The molecule has 0 aromatic heterocycles. The lowest BCUT2D eigenvalue weighted by molar-refractivity contribution is -0.117. The third kappa shape index (κ3) is 4.30. The van der Waals surface area contributed by atoms with Gasteiger partial charge in [-0.15, -0.1) is 0 Å². The molecule has 0 spiro atoms. The first kappa shape index (κ1) is 17.7. The molecule has 1 N–H and O–H groups in total. The zero-order chi connectivity index (χ0) is 17.8. The van der Waals surface area contributed by atoms with Crippen molar-refractivity contribution in [3.8, 4) is 5.75 Å². The summed E-state index contributed by atoms with van der Waals surface area (Å²) in [6.45, 7) is 1.13. The smallest absolute Gasteiger partial charge is 0.238 e. The van der Waals surface area contributed by atoms with E-state index in [4.69, 9.17) is 16.3 Å². The average Bonchev–Trinajstić information content (AvgIpc) is 3.05. The summed E-state index contributed by atoms with van der Waals surface area (Å²) in [5.74, 6) is 0.230. The Labute approximate surface area is 151 Å². The molecule has 1 heterocycles. The molecule has 1 saturated heterocycles. The lowest BCUT2D eigenvalue weighted by Crippen LogP contribution is -2.33. The molecule has 0 radical (unpaired) electrons. The third-order valence-corrected chi connectivity index (χ3v) is 4.73. The number of carbonyl (C=O) groups excluding carboxylic acids is 1. The topological polar surface area (TPSA) is 41.6 Å². The second-order valence-electron chi connectivity index (χ2n) is 6.07. The number of amides is 1. The van der Waals surface area contributed by atoms with Crippen LogP contribution in [0.4, 0.5) is 10.1 Å². The molecule has 6 heteroatoms. The van der Waals surface area contributed by atoms with Crippen LogP contribution < -0.4 is 10.1 Å². The molecule has 0 saturated carbocycles. The number of nitrogens with zero attached hydrogens (tertiary/aromatic N) is 1. The first-order chi connectivity index (χ1) is 12.1. The lowest BCUT2D eigenvalue weighted by atomic mass is 10.0. The zero-order valence-corrected chi connectivity index (χ0v) is 14.7. The fourth-order valence-corrected chi connectivity index (χ4v) is 3.40. The first-order valence-corrected chi connectivity index (χ1v) is 8.57. The maximum atomic E-state index is 13.1. The van der Waals surface area contributed by atoms with Crippen molar-refractivity contribution in [2.75, 3.05) is 25.5 Å². The van der Waals surface area contributed by atoms with E-state index in [1.54, 1.807) is 7.11 Å². The van der Waals surface area contributed by atoms with Crippen molar-refractivity contribution < 1.29 is 13.9 Å². The van der Waals surface area contributed by atoms with Crippen molar-refractivity contribution in [2.45, 2.75) is 18.9 Å². The fraction of sp³-hybridized carbons (Fsp3) is 0.316. The van der Waals surface area contributed by atoms with Crippen LogP contribution in [0.25, 0.3) is 0 Å². The second-order valence-corrected chi connectivity index (χ2v) is 6.48. The van der Waals surface area contributed by atoms with Crippen molar-refractivity contribution in [2.24, 2.45) is 0 Å². The number of methoxy groups -OCH3 is 1. The summed E-state index contributed by atoms with van der Waals surface area (Å²) in [6.07, 6.45) is 2.05. The molecule has 132 valence electrons. The Morgan fingerprint density at radius 3 is 2.76 bits per heavy atom. The Morgan fingerprint density at radius 2 is 2.08 bits per heavy atom. The Kier molecular flexibility index (Phi) is 5.56. The average molecular weight is 363 g/mol. The van der Waals surface area contributed by atoms with E-state index >= 15 is 0 Å². The number of rotatable bonds is 5. The largest absolute Gasteiger partial charge is 0.497 e. The van der Waals surface area contributed by atoms with Crippen molar-refractivity contribution >= 4 is 23.2 Å². The molecule has 1 aliphatic rings. The van der Waals surface area contributed by atoms with Crippen LogP contribution in [0.3, 0.4) is 0 Å². The molecule has 4 nitrogen and oxygen atoms in total. The molecule has 25 heavy (non-hydrogen) atoms. The minimum absolute atomic E-state index is 0.158. The van der Waals surface area contributed by atoms with Crippen LogP contribution >= 0.6 is 11.6 Å². The van der Waals surface area contributed by atoms with E-state index < -0.39 is 5.82 Å². The molecule has 1 atom stereocenters. The van der Waals surface area contributed by atoms with Gasteiger partial charge < -0.3 is 10.1 Å². The van der Waals surface area contributed by atoms with E-state index in [0.29, 0.717) is 5.69 Å². The van der Waals surface area contributed by atoms with Crippen LogP contribution in [-0.4, -0.2) is 31.0 Å². The fourth-order valence-electron chi connectivity index (χ4n) is 3.18. The number of halogens is 2.